The Morgan fingerprint density at radius 2 is 1.97 bits per heavy atom. The van der Waals surface area contributed by atoms with Crippen LogP contribution < -0.4 is 10.5 Å². The fourth-order valence-corrected chi connectivity index (χ4v) is 4.95. The zero-order valence-electron chi connectivity index (χ0n) is 18.9. The molecule has 2 aromatic heterocycles. The van der Waals surface area contributed by atoms with E-state index in [0.717, 1.165) is 55.3 Å². The molecule has 0 amide bonds. The van der Waals surface area contributed by atoms with Crippen molar-refractivity contribution in [2.24, 2.45) is 0 Å². The van der Waals surface area contributed by atoms with Crippen molar-refractivity contribution in [2.45, 2.75) is 13.0 Å². The Labute approximate surface area is 195 Å². The van der Waals surface area contributed by atoms with Gasteiger partial charge in [0.2, 0.25) is 0 Å². The van der Waals surface area contributed by atoms with Crippen LogP contribution in [0.25, 0.3) is 28.0 Å². The van der Waals surface area contributed by atoms with E-state index in [1.54, 1.807) is 19.1 Å². The molecule has 0 spiro atoms. The molecular formula is C25H25FN6O2. The predicted molar refractivity (Wildman–Crippen MR) is 128 cm³/mol. The number of H-pyrrole nitrogens is 1. The van der Waals surface area contributed by atoms with Crippen LogP contribution in [0, 0.1) is 12.7 Å². The molecule has 2 fully saturated rings. The molecule has 1 atom stereocenters. The van der Waals surface area contributed by atoms with Crippen LogP contribution in [0.3, 0.4) is 0 Å². The molecular weight excluding hydrogens is 435 g/mol. The molecule has 6 rings (SSSR count). The van der Waals surface area contributed by atoms with Gasteiger partial charge >= 0.3 is 0 Å². The molecule has 0 radical (unpaired) electrons. The van der Waals surface area contributed by atoms with E-state index in [9.17, 15) is 9.18 Å². The SMILES string of the molecule is Cc1cccc(F)c1-n1nc2c(-c3ccc(N4CCN5CCOC[C@H]5C4)cc3)n[nH]c2cc1=O. The number of ether oxygens (including phenoxy) is 1. The topological polar surface area (TPSA) is 79.3 Å². The molecule has 4 heterocycles. The van der Waals surface area contributed by atoms with Crippen LogP contribution in [0.5, 0.6) is 0 Å². The number of benzene rings is 2. The Kier molecular flexibility index (Phi) is 5.15. The van der Waals surface area contributed by atoms with Crippen molar-refractivity contribution in [1.29, 1.82) is 0 Å². The predicted octanol–water partition coefficient (Wildman–Crippen LogP) is 2.74. The summed E-state index contributed by atoms with van der Waals surface area (Å²) in [6.45, 7) is 7.33. The number of hydrogen-bond acceptors (Lipinski definition) is 6. The normalized spacial score (nSPS) is 18.9. The number of aromatic amines is 1. The van der Waals surface area contributed by atoms with Gasteiger partial charge in [0, 0.05) is 43.5 Å². The third-order valence-electron chi connectivity index (χ3n) is 6.79. The molecule has 0 bridgehead atoms. The number of piperazine rings is 1. The van der Waals surface area contributed by atoms with Crippen molar-refractivity contribution in [3.05, 3.63) is 70.3 Å². The van der Waals surface area contributed by atoms with Gasteiger partial charge < -0.3 is 9.64 Å². The van der Waals surface area contributed by atoms with Crippen molar-refractivity contribution < 1.29 is 9.13 Å². The molecule has 8 nitrogen and oxygen atoms in total. The zero-order valence-corrected chi connectivity index (χ0v) is 18.9. The first-order valence-electron chi connectivity index (χ1n) is 11.5. The number of hydrogen-bond donors (Lipinski definition) is 1. The largest absolute Gasteiger partial charge is 0.378 e. The van der Waals surface area contributed by atoms with E-state index in [2.05, 4.69) is 37.2 Å². The molecule has 1 N–H and O–H groups in total. The van der Waals surface area contributed by atoms with E-state index in [0.29, 0.717) is 28.3 Å². The van der Waals surface area contributed by atoms with Crippen molar-refractivity contribution in [3.63, 3.8) is 0 Å². The van der Waals surface area contributed by atoms with E-state index < -0.39 is 11.4 Å². The second kappa shape index (κ2) is 8.34. The van der Waals surface area contributed by atoms with Gasteiger partial charge in [0.05, 0.1) is 24.8 Å². The standard InChI is InChI=1S/C25H25FN6O2/c1-16-3-2-4-20(26)25(16)32-22(33)13-21-24(29-32)23(28-27-21)17-5-7-18(8-6-17)31-10-9-30-11-12-34-15-19(30)14-31/h2-8,13,19,27H,9-12,14-15H2,1H3/t19-/m1/s1. The monoisotopic (exact) mass is 460 g/mol. The van der Waals surface area contributed by atoms with Gasteiger partial charge in [-0.1, -0.05) is 24.3 Å². The van der Waals surface area contributed by atoms with E-state index in [1.165, 1.54) is 12.1 Å². The van der Waals surface area contributed by atoms with Crippen molar-refractivity contribution in [1.82, 2.24) is 24.9 Å². The number of aromatic nitrogens is 4. The Morgan fingerprint density at radius 1 is 1.12 bits per heavy atom. The maximum atomic E-state index is 14.6. The van der Waals surface area contributed by atoms with Gasteiger partial charge in [0.25, 0.3) is 5.56 Å². The van der Waals surface area contributed by atoms with Gasteiger partial charge in [0.1, 0.15) is 22.7 Å². The van der Waals surface area contributed by atoms with Crippen molar-refractivity contribution >= 4 is 16.7 Å². The van der Waals surface area contributed by atoms with Crippen LogP contribution >= 0.6 is 0 Å². The summed E-state index contributed by atoms with van der Waals surface area (Å²) in [4.78, 5) is 17.6. The minimum absolute atomic E-state index is 0.155. The van der Waals surface area contributed by atoms with E-state index >= 15 is 0 Å². The van der Waals surface area contributed by atoms with Gasteiger partial charge in [-0.05, 0) is 30.7 Å². The molecule has 4 aromatic rings. The molecule has 2 aliphatic rings. The lowest BCUT2D eigenvalue weighted by molar-refractivity contribution is -0.0116. The maximum absolute atomic E-state index is 14.6. The van der Waals surface area contributed by atoms with E-state index in [4.69, 9.17) is 4.74 Å². The van der Waals surface area contributed by atoms with Crippen LogP contribution in [-0.4, -0.2) is 70.3 Å². The van der Waals surface area contributed by atoms with E-state index in [1.807, 2.05) is 12.1 Å². The fourth-order valence-electron chi connectivity index (χ4n) is 4.95. The number of rotatable bonds is 3. The average molecular weight is 461 g/mol. The summed E-state index contributed by atoms with van der Waals surface area (Å²) in [7, 11) is 0. The molecule has 0 unspecified atom stereocenters. The van der Waals surface area contributed by atoms with Gasteiger partial charge in [-0.25, -0.2) is 4.39 Å². The number of aryl methyl sites for hydroxylation is 1. The fraction of sp³-hybridized carbons (Fsp3) is 0.320. The summed E-state index contributed by atoms with van der Waals surface area (Å²) in [6.07, 6.45) is 0. The quantitative estimate of drug-likeness (QED) is 0.507. The summed E-state index contributed by atoms with van der Waals surface area (Å²) in [5, 5.41) is 11.8. The Balaban J connectivity index is 1.33. The van der Waals surface area contributed by atoms with Gasteiger partial charge in [-0.15, -0.1) is 0 Å². The highest BCUT2D eigenvalue weighted by Gasteiger charge is 2.29. The first kappa shape index (κ1) is 21.0. The molecule has 9 heteroatoms. The molecule has 2 aliphatic heterocycles. The lowest BCUT2D eigenvalue weighted by atomic mass is 10.1. The number of morpholine rings is 1. The number of nitrogens with one attached hydrogen (secondary N) is 1. The number of para-hydroxylation sites is 1. The minimum Gasteiger partial charge on any atom is -0.378 e. The molecule has 2 saturated heterocycles. The van der Waals surface area contributed by atoms with Crippen LogP contribution in [0.2, 0.25) is 0 Å². The third-order valence-corrected chi connectivity index (χ3v) is 6.79. The summed E-state index contributed by atoms with van der Waals surface area (Å²) < 4.78 is 21.3. The number of nitrogens with zero attached hydrogens (tertiary/aromatic N) is 5. The van der Waals surface area contributed by atoms with Crippen LogP contribution in [0.15, 0.2) is 53.3 Å². The van der Waals surface area contributed by atoms with Crippen LogP contribution in [0.4, 0.5) is 10.1 Å². The number of anilines is 1. The number of halogens is 1. The first-order chi connectivity index (χ1) is 16.6. The smallest absolute Gasteiger partial charge is 0.273 e. The summed E-state index contributed by atoms with van der Waals surface area (Å²) in [5.41, 5.74) is 4.05. The highest BCUT2D eigenvalue weighted by atomic mass is 19.1. The third kappa shape index (κ3) is 3.57. The molecule has 0 saturated carbocycles. The average Bonchev–Trinajstić information content (AvgIpc) is 3.26. The Bertz CT molecular complexity index is 1390. The highest BCUT2D eigenvalue weighted by molar-refractivity contribution is 5.89. The van der Waals surface area contributed by atoms with Gasteiger partial charge in [-0.3, -0.25) is 14.8 Å². The van der Waals surface area contributed by atoms with E-state index in [-0.39, 0.29) is 5.69 Å². The summed E-state index contributed by atoms with van der Waals surface area (Å²) in [6, 6.07) is 14.7. The zero-order chi connectivity index (χ0) is 23.2. The van der Waals surface area contributed by atoms with Gasteiger partial charge in [-0.2, -0.15) is 14.9 Å². The van der Waals surface area contributed by atoms with Crippen molar-refractivity contribution in [2.75, 3.05) is 44.3 Å². The molecule has 2 aromatic carbocycles. The second-order valence-corrected chi connectivity index (χ2v) is 8.89. The molecule has 0 aliphatic carbocycles. The Morgan fingerprint density at radius 3 is 2.79 bits per heavy atom. The Hall–Kier alpha value is -3.56. The first-order valence-corrected chi connectivity index (χ1v) is 11.5. The van der Waals surface area contributed by atoms with Crippen LogP contribution in [-0.2, 0) is 4.74 Å². The van der Waals surface area contributed by atoms with Gasteiger partial charge in [0.15, 0.2) is 0 Å². The lowest BCUT2D eigenvalue weighted by Gasteiger charge is -2.44. The minimum atomic E-state index is -0.494. The number of fused-ring (bicyclic) bond motifs is 2. The second-order valence-electron chi connectivity index (χ2n) is 8.89. The summed E-state index contributed by atoms with van der Waals surface area (Å²) in [5.74, 6) is -0.494. The summed E-state index contributed by atoms with van der Waals surface area (Å²) >= 11 is 0. The maximum Gasteiger partial charge on any atom is 0.273 e. The molecule has 174 valence electrons. The highest BCUT2D eigenvalue weighted by Crippen LogP contribution is 2.28. The van der Waals surface area contributed by atoms with Crippen LogP contribution in [0.1, 0.15) is 5.56 Å². The lowest BCUT2D eigenvalue weighted by Crippen LogP contribution is -2.58. The van der Waals surface area contributed by atoms with Crippen molar-refractivity contribution in [3.8, 4) is 16.9 Å². The molecule has 34 heavy (non-hydrogen) atoms.